The normalized spacial score (nSPS) is 15.4. The monoisotopic (exact) mass is 320 g/mol. The van der Waals surface area contributed by atoms with Crippen molar-refractivity contribution in [2.45, 2.75) is 79.6 Å². The first-order chi connectivity index (χ1) is 9.24. The molecule has 0 saturated carbocycles. The Hall–Kier alpha value is -0.420. The Bertz CT molecular complexity index is 297. The Morgan fingerprint density at radius 3 is 0.810 bits per heavy atom. The van der Waals surface area contributed by atoms with E-state index in [9.17, 15) is 26.3 Å². The van der Waals surface area contributed by atoms with Gasteiger partial charge in [0.05, 0.1) is 0 Å². The van der Waals surface area contributed by atoms with Gasteiger partial charge < -0.3 is 0 Å². The minimum absolute atomic E-state index is 0.182. The second-order valence-corrected chi connectivity index (χ2v) is 6.28. The van der Waals surface area contributed by atoms with E-state index in [4.69, 9.17) is 0 Å². The highest BCUT2D eigenvalue weighted by molar-refractivity contribution is 5.12. The van der Waals surface area contributed by atoms with Crippen LogP contribution < -0.4 is 0 Å². The molecule has 0 bridgehead atoms. The first kappa shape index (κ1) is 20.6. The van der Waals surface area contributed by atoms with Crippen LogP contribution in [0.15, 0.2) is 0 Å². The molecule has 0 aromatic rings. The molecule has 0 aliphatic heterocycles. The van der Waals surface area contributed by atoms with Crippen LogP contribution >= 0.6 is 0 Å². The molecule has 21 heavy (non-hydrogen) atoms. The van der Waals surface area contributed by atoms with Crippen molar-refractivity contribution < 1.29 is 26.3 Å². The standard InChI is InChI=1S/C15H26F6/c1-7-11(5,8-2)13(14(16,17)18,15(19,20)21)12(6,9-3)10-4/h7-10H2,1-6H3. The van der Waals surface area contributed by atoms with Crippen molar-refractivity contribution in [2.75, 3.05) is 0 Å². The summed E-state index contributed by atoms with van der Waals surface area (Å²) >= 11 is 0. The van der Waals surface area contributed by atoms with Crippen molar-refractivity contribution in [2.24, 2.45) is 16.2 Å². The van der Waals surface area contributed by atoms with Gasteiger partial charge >= 0.3 is 12.4 Å². The predicted molar refractivity (Wildman–Crippen MR) is 71.9 cm³/mol. The van der Waals surface area contributed by atoms with Crippen molar-refractivity contribution in [1.29, 1.82) is 0 Å². The summed E-state index contributed by atoms with van der Waals surface area (Å²) in [7, 11) is 0. The lowest BCUT2D eigenvalue weighted by atomic mass is 9.47. The lowest BCUT2D eigenvalue weighted by Gasteiger charge is -2.58. The van der Waals surface area contributed by atoms with Crippen molar-refractivity contribution in [3.05, 3.63) is 0 Å². The van der Waals surface area contributed by atoms with Crippen LogP contribution in [0.5, 0.6) is 0 Å². The van der Waals surface area contributed by atoms with Crippen LogP contribution in [0.3, 0.4) is 0 Å². The molecule has 0 aromatic heterocycles. The van der Waals surface area contributed by atoms with Gasteiger partial charge in [0.25, 0.3) is 0 Å². The molecule has 0 spiro atoms. The van der Waals surface area contributed by atoms with Crippen LogP contribution in [-0.4, -0.2) is 12.4 Å². The first-order valence-corrected chi connectivity index (χ1v) is 7.38. The topological polar surface area (TPSA) is 0 Å². The zero-order chi connectivity index (χ0) is 17.3. The summed E-state index contributed by atoms with van der Waals surface area (Å²) in [5.41, 5.74) is -7.51. The summed E-state index contributed by atoms with van der Waals surface area (Å²) in [4.78, 5) is 0. The minimum Gasteiger partial charge on any atom is -0.170 e. The van der Waals surface area contributed by atoms with Gasteiger partial charge in [-0.15, -0.1) is 0 Å². The fourth-order valence-electron chi connectivity index (χ4n) is 3.82. The summed E-state index contributed by atoms with van der Waals surface area (Å²) in [6.07, 6.45) is -11.4. The van der Waals surface area contributed by atoms with Crippen LogP contribution in [-0.2, 0) is 0 Å². The van der Waals surface area contributed by atoms with Gasteiger partial charge in [-0.05, 0) is 36.5 Å². The van der Waals surface area contributed by atoms with Gasteiger partial charge in [0, 0.05) is 0 Å². The molecule has 0 aliphatic rings. The predicted octanol–water partition coefficient (Wildman–Crippen LogP) is 6.75. The van der Waals surface area contributed by atoms with E-state index in [-0.39, 0.29) is 25.7 Å². The second kappa shape index (κ2) is 5.99. The molecule has 0 heterocycles. The highest BCUT2D eigenvalue weighted by Crippen LogP contribution is 2.71. The molecular formula is C15H26F6. The van der Waals surface area contributed by atoms with Gasteiger partial charge in [-0.2, -0.15) is 26.3 Å². The summed E-state index contributed by atoms with van der Waals surface area (Å²) in [5.74, 6) is 0. The average Bonchev–Trinajstić information content (AvgIpc) is 2.35. The highest BCUT2D eigenvalue weighted by Gasteiger charge is 2.82. The molecule has 0 aliphatic carbocycles. The summed E-state index contributed by atoms with van der Waals surface area (Å²) in [5, 5.41) is 0. The number of hydrogen-bond donors (Lipinski definition) is 0. The van der Waals surface area contributed by atoms with Crippen LogP contribution in [0, 0.1) is 16.2 Å². The maximum absolute atomic E-state index is 13.9. The first-order valence-electron chi connectivity index (χ1n) is 7.38. The highest BCUT2D eigenvalue weighted by atomic mass is 19.4. The van der Waals surface area contributed by atoms with Crippen molar-refractivity contribution in [3.63, 3.8) is 0 Å². The molecule has 0 rings (SSSR count). The Kier molecular flexibility index (Phi) is 5.87. The van der Waals surface area contributed by atoms with Crippen LogP contribution in [0.4, 0.5) is 26.3 Å². The van der Waals surface area contributed by atoms with Gasteiger partial charge in [0.2, 0.25) is 0 Å². The molecule has 0 atom stereocenters. The zero-order valence-electron chi connectivity index (χ0n) is 13.6. The second-order valence-electron chi connectivity index (χ2n) is 6.28. The average molecular weight is 320 g/mol. The van der Waals surface area contributed by atoms with E-state index in [2.05, 4.69) is 0 Å². The molecule has 0 unspecified atom stereocenters. The molecule has 0 amide bonds. The van der Waals surface area contributed by atoms with Crippen molar-refractivity contribution in [3.8, 4) is 0 Å². The smallest absolute Gasteiger partial charge is 0.170 e. The third-order valence-electron chi connectivity index (χ3n) is 5.78. The van der Waals surface area contributed by atoms with Crippen LogP contribution in [0.2, 0.25) is 0 Å². The Balaban J connectivity index is 6.88. The van der Waals surface area contributed by atoms with Gasteiger partial charge in [0.1, 0.15) is 0 Å². The number of hydrogen-bond acceptors (Lipinski definition) is 0. The number of halogens is 6. The number of alkyl halides is 6. The van der Waals surface area contributed by atoms with E-state index in [1.54, 1.807) is 0 Å². The third kappa shape index (κ3) is 2.67. The summed E-state index contributed by atoms with van der Waals surface area (Å²) in [6.45, 7) is 7.86. The molecule has 128 valence electrons. The van der Waals surface area contributed by atoms with Crippen molar-refractivity contribution >= 4 is 0 Å². The summed E-state index contributed by atoms with van der Waals surface area (Å²) in [6, 6.07) is 0. The Morgan fingerprint density at radius 1 is 0.524 bits per heavy atom. The molecule has 0 saturated heterocycles. The molecule has 0 fully saturated rings. The summed E-state index contributed by atoms with van der Waals surface area (Å²) < 4.78 is 83.3. The SMILES string of the molecule is CCC(C)(CC)C(C(F)(F)F)(C(F)(F)F)C(C)(CC)CC. The van der Waals surface area contributed by atoms with Crippen molar-refractivity contribution in [1.82, 2.24) is 0 Å². The van der Waals surface area contributed by atoms with Gasteiger partial charge in [-0.25, -0.2) is 0 Å². The van der Waals surface area contributed by atoms with Crippen LogP contribution in [0.25, 0.3) is 0 Å². The van der Waals surface area contributed by atoms with E-state index in [1.165, 1.54) is 27.7 Å². The minimum atomic E-state index is -5.35. The fourth-order valence-corrected chi connectivity index (χ4v) is 3.82. The fraction of sp³-hybridized carbons (Fsp3) is 1.00. The zero-order valence-corrected chi connectivity index (χ0v) is 13.6. The number of rotatable bonds is 6. The maximum atomic E-state index is 13.9. The van der Waals surface area contributed by atoms with E-state index in [0.29, 0.717) is 0 Å². The largest absolute Gasteiger partial charge is 0.404 e. The van der Waals surface area contributed by atoms with Gasteiger partial charge in [-0.3, -0.25) is 0 Å². The van der Waals surface area contributed by atoms with E-state index in [1.807, 2.05) is 0 Å². The maximum Gasteiger partial charge on any atom is 0.404 e. The molecular weight excluding hydrogens is 294 g/mol. The third-order valence-corrected chi connectivity index (χ3v) is 5.78. The van der Waals surface area contributed by atoms with Gasteiger partial charge in [-0.1, -0.05) is 41.5 Å². The Labute approximate surface area is 123 Å². The molecule has 0 aromatic carbocycles. The van der Waals surface area contributed by atoms with Crippen LogP contribution in [0.1, 0.15) is 67.2 Å². The van der Waals surface area contributed by atoms with E-state index in [0.717, 1.165) is 13.8 Å². The van der Waals surface area contributed by atoms with Gasteiger partial charge in [0.15, 0.2) is 5.41 Å². The lowest BCUT2D eigenvalue weighted by molar-refractivity contribution is -0.414. The van der Waals surface area contributed by atoms with E-state index < -0.39 is 28.6 Å². The molecule has 0 radical (unpaired) electrons. The Morgan fingerprint density at radius 2 is 0.714 bits per heavy atom. The molecule has 0 N–H and O–H groups in total. The molecule has 6 heteroatoms. The molecule has 0 nitrogen and oxygen atoms in total. The van der Waals surface area contributed by atoms with E-state index >= 15 is 0 Å². The quantitative estimate of drug-likeness (QED) is 0.475. The lowest BCUT2D eigenvalue weighted by Crippen LogP contribution is -2.67.